The Bertz CT molecular complexity index is 634. The third kappa shape index (κ3) is 6.00. The lowest BCUT2D eigenvalue weighted by Crippen LogP contribution is -2.41. The third-order valence-corrected chi connectivity index (χ3v) is 4.04. The van der Waals surface area contributed by atoms with Crippen molar-refractivity contribution in [3.63, 3.8) is 0 Å². The van der Waals surface area contributed by atoms with Crippen LogP contribution in [0.3, 0.4) is 0 Å². The van der Waals surface area contributed by atoms with Crippen LogP contribution in [0.5, 0.6) is 5.75 Å². The number of nitrogen functional groups attached to an aromatic ring is 1. The molecule has 0 radical (unpaired) electrons. The summed E-state index contributed by atoms with van der Waals surface area (Å²) in [6.45, 7) is 5.22. The van der Waals surface area contributed by atoms with E-state index >= 15 is 0 Å². The molecule has 1 aromatic rings. The molecular formula is C18H25F3N2O3. The molecule has 0 aromatic heterocycles. The van der Waals surface area contributed by atoms with Gasteiger partial charge in [-0.2, -0.15) is 13.2 Å². The van der Waals surface area contributed by atoms with Crippen LogP contribution in [0.2, 0.25) is 0 Å². The summed E-state index contributed by atoms with van der Waals surface area (Å²) >= 11 is 0. The van der Waals surface area contributed by atoms with Crippen molar-refractivity contribution < 1.29 is 27.4 Å². The Morgan fingerprint density at radius 1 is 1.23 bits per heavy atom. The number of alkyl halides is 3. The minimum Gasteiger partial charge on any atom is -0.482 e. The van der Waals surface area contributed by atoms with E-state index in [2.05, 4.69) is 0 Å². The second-order valence-electron chi connectivity index (χ2n) is 7.44. The monoisotopic (exact) mass is 374 g/mol. The van der Waals surface area contributed by atoms with Gasteiger partial charge in [0, 0.05) is 13.1 Å². The fourth-order valence-corrected chi connectivity index (χ4v) is 2.83. The minimum absolute atomic E-state index is 0.0252. The Hall–Kier alpha value is -2.12. The summed E-state index contributed by atoms with van der Waals surface area (Å²) in [7, 11) is 0. The van der Waals surface area contributed by atoms with Gasteiger partial charge in [0.1, 0.15) is 11.4 Å². The zero-order valence-electron chi connectivity index (χ0n) is 15.2. The SMILES string of the molecule is CC(C)(C)OC(=O)N1CCC(c2ccc(OCC(F)(F)F)c(N)c2)CC1. The van der Waals surface area contributed by atoms with E-state index in [1.54, 1.807) is 17.0 Å². The molecule has 0 bridgehead atoms. The summed E-state index contributed by atoms with van der Waals surface area (Å²) in [6, 6.07) is 4.85. The number of carbonyl (C=O) groups is 1. The van der Waals surface area contributed by atoms with Gasteiger partial charge in [0.2, 0.25) is 0 Å². The van der Waals surface area contributed by atoms with Crippen molar-refractivity contribution in [2.24, 2.45) is 0 Å². The number of nitrogens with zero attached hydrogens (tertiary/aromatic N) is 1. The third-order valence-electron chi connectivity index (χ3n) is 4.04. The van der Waals surface area contributed by atoms with Gasteiger partial charge >= 0.3 is 12.3 Å². The molecule has 0 aliphatic carbocycles. The van der Waals surface area contributed by atoms with Gasteiger partial charge in [0.05, 0.1) is 5.69 Å². The molecule has 1 aromatic carbocycles. The van der Waals surface area contributed by atoms with Crippen LogP contribution in [-0.4, -0.2) is 42.5 Å². The van der Waals surface area contributed by atoms with Crippen molar-refractivity contribution in [1.29, 1.82) is 0 Å². The highest BCUT2D eigenvalue weighted by Crippen LogP contribution is 2.33. The van der Waals surface area contributed by atoms with Crippen LogP contribution < -0.4 is 10.5 Å². The number of nitrogens with two attached hydrogens (primary N) is 1. The van der Waals surface area contributed by atoms with Crippen molar-refractivity contribution in [2.45, 2.75) is 51.3 Å². The number of amides is 1. The molecule has 26 heavy (non-hydrogen) atoms. The average molecular weight is 374 g/mol. The first kappa shape index (κ1) is 20.2. The molecule has 2 N–H and O–H groups in total. The fourth-order valence-electron chi connectivity index (χ4n) is 2.83. The van der Waals surface area contributed by atoms with Crippen molar-refractivity contribution in [1.82, 2.24) is 4.90 Å². The molecular weight excluding hydrogens is 349 g/mol. The lowest BCUT2D eigenvalue weighted by molar-refractivity contribution is -0.153. The first-order valence-electron chi connectivity index (χ1n) is 8.51. The number of halogens is 3. The standard InChI is InChI=1S/C18H25F3N2O3/c1-17(2,3)26-16(24)23-8-6-12(7-9-23)13-4-5-15(14(22)10-13)25-11-18(19,20)21/h4-5,10,12H,6-9,11,22H2,1-3H3. The molecule has 1 fully saturated rings. The molecule has 1 aliphatic rings. The summed E-state index contributed by atoms with van der Waals surface area (Å²) in [4.78, 5) is 13.8. The van der Waals surface area contributed by atoms with Gasteiger partial charge in [-0.3, -0.25) is 0 Å². The van der Waals surface area contributed by atoms with Crippen LogP contribution in [0.25, 0.3) is 0 Å². The van der Waals surface area contributed by atoms with Gasteiger partial charge in [0.25, 0.3) is 0 Å². The number of hydrogen-bond donors (Lipinski definition) is 1. The smallest absolute Gasteiger partial charge is 0.422 e. The highest BCUT2D eigenvalue weighted by atomic mass is 19.4. The molecule has 0 unspecified atom stereocenters. The first-order chi connectivity index (χ1) is 11.9. The van der Waals surface area contributed by atoms with Crippen molar-refractivity contribution in [3.8, 4) is 5.75 Å². The minimum atomic E-state index is -4.40. The van der Waals surface area contributed by atoms with Gasteiger partial charge in [0.15, 0.2) is 6.61 Å². The fraction of sp³-hybridized carbons (Fsp3) is 0.611. The van der Waals surface area contributed by atoms with Gasteiger partial charge in [-0.15, -0.1) is 0 Å². The maximum atomic E-state index is 12.2. The molecule has 8 heteroatoms. The summed E-state index contributed by atoms with van der Waals surface area (Å²) in [5, 5.41) is 0. The zero-order chi connectivity index (χ0) is 19.5. The van der Waals surface area contributed by atoms with Crippen molar-refractivity contribution in [2.75, 3.05) is 25.4 Å². The number of anilines is 1. The van der Waals surface area contributed by atoms with Crippen LogP contribution >= 0.6 is 0 Å². The molecule has 0 saturated carbocycles. The maximum absolute atomic E-state index is 12.2. The van der Waals surface area contributed by atoms with Gasteiger partial charge in [-0.1, -0.05) is 6.07 Å². The molecule has 5 nitrogen and oxygen atoms in total. The molecule has 0 atom stereocenters. The van der Waals surface area contributed by atoms with Gasteiger partial charge < -0.3 is 20.1 Å². The Balaban J connectivity index is 1.93. The largest absolute Gasteiger partial charge is 0.482 e. The number of benzene rings is 1. The predicted octanol–water partition coefficient (Wildman–Crippen LogP) is 4.32. The number of likely N-dealkylation sites (tertiary alicyclic amines) is 1. The zero-order valence-corrected chi connectivity index (χ0v) is 15.2. The van der Waals surface area contributed by atoms with E-state index < -0.39 is 18.4 Å². The Morgan fingerprint density at radius 2 is 1.85 bits per heavy atom. The number of carbonyl (C=O) groups excluding carboxylic acids is 1. The van der Waals surface area contributed by atoms with E-state index in [9.17, 15) is 18.0 Å². The van der Waals surface area contributed by atoms with E-state index in [1.165, 1.54) is 6.07 Å². The van der Waals surface area contributed by atoms with Gasteiger partial charge in [-0.05, 0) is 57.2 Å². The second-order valence-corrected chi connectivity index (χ2v) is 7.44. The normalized spacial score (nSPS) is 16.5. The van der Waals surface area contributed by atoms with E-state index in [0.717, 1.165) is 18.4 Å². The van der Waals surface area contributed by atoms with Crippen LogP contribution in [-0.2, 0) is 4.74 Å². The number of ether oxygens (including phenoxy) is 2. The molecule has 1 saturated heterocycles. The van der Waals surface area contributed by atoms with Crippen LogP contribution in [0.1, 0.15) is 45.1 Å². The van der Waals surface area contributed by atoms with Crippen molar-refractivity contribution >= 4 is 11.8 Å². The molecule has 146 valence electrons. The Labute approximate surface area is 151 Å². The van der Waals surface area contributed by atoms with Crippen LogP contribution in [0.15, 0.2) is 18.2 Å². The lowest BCUT2D eigenvalue weighted by atomic mass is 9.89. The summed E-state index contributed by atoms with van der Waals surface area (Å²) in [5.41, 5.74) is 6.41. The summed E-state index contributed by atoms with van der Waals surface area (Å²) < 4.78 is 46.8. The molecule has 1 aliphatic heterocycles. The number of rotatable bonds is 3. The Morgan fingerprint density at radius 3 is 2.35 bits per heavy atom. The highest BCUT2D eigenvalue weighted by Gasteiger charge is 2.30. The van der Waals surface area contributed by atoms with E-state index in [0.29, 0.717) is 13.1 Å². The Kier molecular flexibility index (Phi) is 5.93. The molecule has 2 rings (SSSR count). The summed E-state index contributed by atoms with van der Waals surface area (Å²) in [6.07, 6.45) is -3.26. The van der Waals surface area contributed by atoms with E-state index in [-0.39, 0.29) is 23.4 Å². The molecule has 1 amide bonds. The van der Waals surface area contributed by atoms with Crippen molar-refractivity contribution in [3.05, 3.63) is 23.8 Å². The first-order valence-corrected chi connectivity index (χ1v) is 8.51. The van der Waals surface area contributed by atoms with Crippen LogP contribution in [0, 0.1) is 0 Å². The summed E-state index contributed by atoms with van der Waals surface area (Å²) in [5.74, 6) is 0.213. The number of piperidine rings is 1. The molecule has 1 heterocycles. The van der Waals surface area contributed by atoms with Gasteiger partial charge in [-0.25, -0.2) is 4.79 Å². The van der Waals surface area contributed by atoms with E-state index in [4.69, 9.17) is 15.2 Å². The lowest BCUT2D eigenvalue weighted by Gasteiger charge is -2.33. The quantitative estimate of drug-likeness (QED) is 0.800. The van der Waals surface area contributed by atoms with Crippen LogP contribution in [0.4, 0.5) is 23.7 Å². The predicted molar refractivity (Wildman–Crippen MR) is 92.2 cm³/mol. The average Bonchev–Trinajstić information content (AvgIpc) is 2.51. The topological polar surface area (TPSA) is 64.8 Å². The number of hydrogen-bond acceptors (Lipinski definition) is 4. The molecule has 0 spiro atoms. The maximum Gasteiger partial charge on any atom is 0.422 e. The highest BCUT2D eigenvalue weighted by molar-refractivity contribution is 5.68. The second kappa shape index (κ2) is 7.63. The van der Waals surface area contributed by atoms with E-state index in [1.807, 2.05) is 20.8 Å².